The summed E-state index contributed by atoms with van der Waals surface area (Å²) in [6.07, 6.45) is 1.01. The molecule has 8 aromatic rings. The van der Waals surface area contributed by atoms with Gasteiger partial charge in [0.25, 0.3) is 0 Å². The van der Waals surface area contributed by atoms with Crippen molar-refractivity contribution in [2.45, 2.75) is 50.9 Å². The Hall–Kier alpha value is -5.66. The molecule has 0 bridgehead atoms. The van der Waals surface area contributed by atoms with Gasteiger partial charge in [-0.05, 0) is 115 Å². The van der Waals surface area contributed by atoms with Gasteiger partial charge in [-0.1, -0.05) is 137 Å². The normalized spacial score (nSPS) is 15.8. The molecule has 0 amide bonds. The molecule has 11 rings (SSSR count). The molecule has 0 unspecified atom stereocenters. The molecule has 0 saturated carbocycles. The molecule has 1 heteroatoms. The van der Waals surface area contributed by atoms with Gasteiger partial charge in [0.15, 0.2) is 0 Å². The van der Waals surface area contributed by atoms with Crippen molar-refractivity contribution in [3.8, 4) is 39.1 Å². The Morgan fingerprint density at radius 2 is 0.902 bits per heavy atom. The molecule has 0 radical (unpaired) electrons. The Morgan fingerprint density at radius 3 is 1.49 bits per heavy atom. The predicted molar refractivity (Wildman–Crippen MR) is 213 cm³/mol. The number of rotatable bonds is 3. The number of para-hydroxylation sites is 2. The van der Waals surface area contributed by atoms with Crippen molar-refractivity contribution in [3.05, 3.63) is 185 Å². The van der Waals surface area contributed by atoms with Gasteiger partial charge in [-0.2, -0.15) is 0 Å². The van der Waals surface area contributed by atoms with E-state index in [-0.39, 0.29) is 10.8 Å². The summed E-state index contributed by atoms with van der Waals surface area (Å²) in [5.41, 5.74) is 22.0. The van der Waals surface area contributed by atoms with Crippen LogP contribution >= 0.6 is 0 Å². The highest BCUT2D eigenvalue weighted by atomic mass is 15.0. The van der Waals surface area contributed by atoms with Gasteiger partial charge in [0.05, 0.1) is 11.0 Å². The lowest BCUT2D eigenvalue weighted by molar-refractivity contribution is 0.651. The van der Waals surface area contributed by atoms with Crippen molar-refractivity contribution in [1.82, 2.24) is 4.57 Å². The van der Waals surface area contributed by atoms with E-state index >= 15 is 0 Å². The smallest absolute Gasteiger partial charge is 0.0541 e. The van der Waals surface area contributed by atoms with Crippen LogP contribution in [-0.2, 0) is 17.3 Å². The average Bonchev–Trinajstić information content (AvgIpc) is 3.80. The summed E-state index contributed by atoms with van der Waals surface area (Å²) in [7, 11) is 0. The molecular formula is C50H39N. The number of benzene rings is 7. The van der Waals surface area contributed by atoms with Crippen LogP contribution in [0, 0.1) is 0 Å². The number of aromatic nitrogens is 1. The van der Waals surface area contributed by atoms with E-state index in [0.29, 0.717) is 5.92 Å². The van der Waals surface area contributed by atoms with Crippen LogP contribution in [0.4, 0.5) is 0 Å². The lowest BCUT2D eigenvalue weighted by Gasteiger charge is -2.24. The van der Waals surface area contributed by atoms with Crippen molar-refractivity contribution in [1.29, 1.82) is 0 Å². The van der Waals surface area contributed by atoms with E-state index in [2.05, 4.69) is 178 Å². The van der Waals surface area contributed by atoms with Crippen molar-refractivity contribution in [3.63, 3.8) is 0 Å². The third kappa shape index (κ3) is 3.82. The van der Waals surface area contributed by atoms with Gasteiger partial charge in [-0.15, -0.1) is 0 Å². The van der Waals surface area contributed by atoms with Gasteiger partial charge in [0.2, 0.25) is 0 Å². The van der Waals surface area contributed by atoms with Crippen LogP contribution in [0.3, 0.4) is 0 Å². The molecule has 0 fully saturated rings. The Kier molecular flexibility index (Phi) is 5.70. The van der Waals surface area contributed by atoms with Crippen LogP contribution in [0.5, 0.6) is 0 Å². The van der Waals surface area contributed by atoms with Crippen LogP contribution < -0.4 is 0 Å². The first-order chi connectivity index (χ1) is 24.8. The van der Waals surface area contributed by atoms with Gasteiger partial charge in [0, 0.05) is 33.2 Å². The topological polar surface area (TPSA) is 4.93 Å². The fourth-order valence-corrected chi connectivity index (χ4v) is 10.2. The first-order valence-electron chi connectivity index (χ1n) is 18.5. The van der Waals surface area contributed by atoms with Crippen LogP contribution in [0.2, 0.25) is 0 Å². The van der Waals surface area contributed by atoms with Crippen LogP contribution in [0.15, 0.2) is 146 Å². The lowest BCUT2D eigenvalue weighted by Crippen LogP contribution is -2.17. The van der Waals surface area contributed by atoms with Crippen molar-refractivity contribution in [2.24, 2.45) is 0 Å². The minimum absolute atomic E-state index is 0.0863. The fourth-order valence-electron chi connectivity index (χ4n) is 10.2. The quantitative estimate of drug-likeness (QED) is 0.179. The lowest BCUT2D eigenvalue weighted by atomic mass is 9.79. The Morgan fingerprint density at radius 1 is 0.431 bits per heavy atom. The van der Waals surface area contributed by atoms with Gasteiger partial charge >= 0.3 is 0 Å². The van der Waals surface area contributed by atoms with Crippen molar-refractivity contribution < 1.29 is 0 Å². The number of hydrogen-bond donors (Lipinski definition) is 0. The molecule has 0 atom stereocenters. The zero-order valence-electron chi connectivity index (χ0n) is 29.6. The van der Waals surface area contributed by atoms with Crippen LogP contribution in [-0.4, -0.2) is 4.57 Å². The Balaban J connectivity index is 0.999. The summed E-state index contributed by atoms with van der Waals surface area (Å²) in [6, 6.07) is 55.2. The van der Waals surface area contributed by atoms with Gasteiger partial charge in [-0.3, -0.25) is 0 Å². The maximum absolute atomic E-state index is 2.54. The summed E-state index contributed by atoms with van der Waals surface area (Å²) in [5.74, 6) is 0.385. The summed E-state index contributed by atoms with van der Waals surface area (Å²) >= 11 is 0. The zero-order chi connectivity index (χ0) is 34.2. The van der Waals surface area contributed by atoms with E-state index in [1.165, 1.54) is 99.8 Å². The van der Waals surface area contributed by atoms with E-state index < -0.39 is 0 Å². The molecule has 0 N–H and O–H groups in total. The Bertz CT molecular complexity index is 2690. The van der Waals surface area contributed by atoms with E-state index in [1.807, 2.05) is 0 Å². The second-order valence-electron chi connectivity index (χ2n) is 16.1. The molecule has 1 nitrogen and oxygen atoms in total. The van der Waals surface area contributed by atoms with Gasteiger partial charge < -0.3 is 4.57 Å². The molecule has 1 aromatic heterocycles. The van der Waals surface area contributed by atoms with E-state index in [4.69, 9.17) is 0 Å². The minimum Gasteiger partial charge on any atom is -0.309 e. The first-order valence-corrected chi connectivity index (χ1v) is 18.5. The standard InChI is InChI=1S/C50H39N/c1-49(2)43-26-30(25-40-34-15-7-5-13-32(34)33-14-6-8-16-35(33)40)21-23-36(43)41-28-46-42(29-45(41)49)37-24-22-31(27-44(37)50(46,3)4)51-47-19-11-9-17-38(47)39-18-10-12-20-48(39)51/h5-24,26-29,40H,25H2,1-4H3. The summed E-state index contributed by atoms with van der Waals surface area (Å²) in [4.78, 5) is 0. The maximum Gasteiger partial charge on any atom is 0.0541 e. The highest BCUT2D eigenvalue weighted by Crippen LogP contribution is 2.57. The molecule has 3 aliphatic carbocycles. The second-order valence-corrected chi connectivity index (χ2v) is 16.1. The molecule has 3 aliphatic rings. The third-order valence-corrected chi connectivity index (χ3v) is 12.8. The average molecular weight is 654 g/mol. The number of fused-ring (bicyclic) bond motifs is 12. The highest BCUT2D eigenvalue weighted by Gasteiger charge is 2.42. The van der Waals surface area contributed by atoms with Gasteiger partial charge in [-0.25, -0.2) is 0 Å². The van der Waals surface area contributed by atoms with Crippen LogP contribution in [0.25, 0.3) is 60.9 Å². The molecule has 0 aliphatic heterocycles. The fraction of sp³-hybridized carbons (Fsp3) is 0.160. The molecule has 1 heterocycles. The predicted octanol–water partition coefficient (Wildman–Crippen LogP) is 12.8. The monoisotopic (exact) mass is 653 g/mol. The highest BCUT2D eigenvalue weighted by molar-refractivity contribution is 6.09. The SMILES string of the molecule is CC1(C)c2cc(CC3c4ccccc4-c4ccccc43)ccc2-c2cc3c(cc21)-c1ccc(-n2c4ccccc4c4ccccc42)cc1C3(C)C. The number of hydrogen-bond acceptors (Lipinski definition) is 0. The van der Waals surface area contributed by atoms with Gasteiger partial charge in [0.1, 0.15) is 0 Å². The van der Waals surface area contributed by atoms with Crippen molar-refractivity contribution >= 4 is 21.8 Å². The summed E-state index contributed by atoms with van der Waals surface area (Å²) in [6.45, 7) is 9.70. The molecule has 7 aromatic carbocycles. The number of nitrogens with zero attached hydrogens (tertiary/aromatic N) is 1. The second kappa shape index (κ2) is 9.98. The largest absolute Gasteiger partial charge is 0.309 e. The molecule has 244 valence electrons. The minimum atomic E-state index is -0.120. The third-order valence-electron chi connectivity index (χ3n) is 12.8. The molecule has 0 saturated heterocycles. The summed E-state index contributed by atoms with van der Waals surface area (Å²) < 4.78 is 2.45. The molecular weight excluding hydrogens is 615 g/mol. The maximum atomic E-state index is 2.54. The first kappa shape index (κ1) is 29.1. The molecule has 0 spiro atoms. The summed E-state index contributed by atoms with van der Waals surface area (Å²) in [5, 5.41) is 2.60. The van der Waals surface area contributed by atoms with E-state index in [0.717, 1.165) is 6.42 Å². The molecule has 51 heavy (non-hydrogen) atoms. The van der Waals surface area contributed by atoms with E-state index in [1.54, 1.807) is 0 Å². The van der Waals surface area contributed by atoms with Crippen LogP contribution in [0.1, 0.15) is 72.6 Å². The zero-order valence-corrected chi connectivity index (χ0v) is 29.6. The van der Waals surface area contributed by atoms with Crippen molar-refractivity contribution in [2.75, 3.05) is 0 Å². The van der Waals surface area contributed by atoms with E-state index in [9.17, 15) is 0 Å². The Labute approximate surface area is 299 Å².